The third kappa shape index (κ3) is 7.11. The summed E-state index contributed by atoms with van der Waals surface area (Å²) in [5.74, 6) is -1.71. The van der Waals surface area contributed by atoms with E-state index in [0.29, 0.717) is 23.4 Å². The molecule has 0 fully saturated rings. The SMILES string of the molecule is Cc1cc(C(=O)NCc2ccncc2)ccc1NC(=O)Cc1ccc(Cl)c(Oc2cc(Cl)cc(C#N)c2)c1F. The minimum Gasteiger partial charge on any atom is -0.453 e. The van der Waals surface area contributed by atoms with Crippen molar-refractivity contribution >= 4 is 40.7 Å². The van der Waals surface area contributed by atoms with Crippen LogP contribution in [-0.2, 0) is 17.8 Å². The van der Waals surface area contributed by atoms with Gasteiger partial charge in [0.2, 0.25) is 5.91 Å². The molecule has 0 unspecified atom stereocenters. The van der Waals surface area contributed by atoms with Crippen LogP contribution in [0.5, 0.6) is 11.5 Å². The van der Waals surface area contributed by atoms with Crippen LogP contribution < -0.4 is 15.4 Å². The third-order valence-corrected chi connectivity index (χ3v) is 6.18. The Balaban J connectivity index is 1.43. The zero-order valence-corrected chi connectivity index (χ0v) is 22.1. The van der Waals surface area contributed by atoms with Crippen LogP contribution in [-0.4, -0.2) is 16.8 Å². The van der Waals surface area contributed by atoms with Crippen LogP contribution in [0.25, 0.3) is 0 Å². The van der Waals surface area contributed by atoms with E-state index in [1.165, 1.54) is 30.3 Å². The van der Waals surface area contributed by atoms with E-state index in [4.69, 9.17) is 33.2 Å². The van der Waals surface area contributed by atoms with Crippen LogP contribution in [0.3, 0.4) is 0 Å². The zero-order chi connectivity index (χ0) is 27.9. The summed E-state index contributed by atoms with van der Waals surface area (Å²) < 4.78 is 20.9. The Bertz CT molecular complexity index is 1590. The van der Waals surface area contributed by atoms with Gasteiger partial charge in [-0.3, -0.25) is 14.6 Å². The summed E-state index contributed by atoms with van der Waals surface area (Å²) in [4.78, 5) is 29.2. The fraction of sp³-hybridized carbons (Fsp3) is 0.103. The molecular weight excluding hydrogens is 542 g/mol. The highest BCUT2D eigenvalue weighted by atomic mass is 35.5. The second-order valence-electron chi connectivity index (χ2n) is 8.53. The molecule has 2 N–H and O–H groups in total. The molecule has 0 bridgehead atoms. The number of hydrogen-bond acceptors (Lipinski definition) is 5. The first-order valence-electron chi connectivity index (χ1n) is 11.7. The van der Waals surface area contributed by atoms with Crippen molar-refractivity contribution in [3.63, 3.8) is 0 Å². The first-order chi connectivity index (χ1) is 18.7. The third-order valence-electron chi connectivity index (χ3n) is 5.67. The van der Waals surface area contributed by atoms with Crippen LogP contribution in [0.2, 0.25) is 10.0 Å². The highest BCUT2D eigenvalue weighted by Gasteiger charge is 2.18. The number of aryl methyl sites for hydroxylation is 1. The number of amides is 2. The van der Waals surface area contributed by atoms with E-state index in [2.05, 4.69) is 15.6 Å². The lowest BCUT2D eigenvalue weighted by Crippen LogP contribution is -2.23. The lowest BCUT2D eigenvalue weighted by atomic mass is 10.1. The molecule has 3 aromatic carbocycles. The molecule has 0 aliphatic rings. The van der Waals surface area contributed by atoms with E-state index in [9.17, 15) is 9.59 Å². The number of hydrogen-bond donors (Lipinski definition) is 2. The minimum absolute atomic E-state index is 0.0104. The number of nitriles is 1. The number of anilines is 1. The Morgan fingerprint density at radius 3 is 2.54 bits per heavy atom. The number of carbonyl (C=O) groups excluding carboxylic acids is 2. The van der Waals surface area contributed by atoms with E-state index < -0.39 is 11.7 Å². The van der Waals surface area contributed by atoms with Gasteiger partial charge in [0, 0.05) is 40.8 Å². The van der Waals surface area contributed by atoms with Crippen LogP contribution in [0, 0.1) is 24.1 Å². The Hall–Kier alpha value is -4.45. The highest BCUT2D eigenvalue weighted by molar-refractivity contribution is 6.32. The van der Waals surface area contributed by atoms with Crippen molar-refractivity contribution in [2.45, 2.75) is 19.9 Å². The van der Waals surface area contributed by atoms with E-state index >= 15 is 4.39 Å². The van der Waals surface area contributed by atoms with E-state index in [1.54, 1.807) is 37.5 Å². The van der Waals surface area contributed by atoms with E-state index in [-0.39, 0.29) is 45.0 Å². The highest BCUT2D eigenvalue weighted by Crippen LogP contribution is 2.35. The fourth-order valence-electron chi connectivity index (χ4n) is 3.70. The Labute approximate surface area is 234 Å². The lowest BCUT2D eigenvalue weighted by Gasteiger charge is -2.13. The van der Waals surface area contributed by atoms with Gasteiger partial charge in [-0.05, 0) is 72.6 Å². The van der Waals surface area contributed by atoms with Crippen LogP contribution >= 0.6 is 23.2 Å². The molecule has 7 nitrogen and oxygen atoms in total. The van der Waals surface area contributed by atoms with Gasteiger partial charge in [0.05, 0.1) is 23.1 Å². The summed E-state index contributed by atoms with van der Waals surface area (Å²) in [6, 6.07) is 17.5. The van der Waals surface area contributed by atoms with Gasteiger partial charge in [-0.1, -0.05) is 29.3 Å². The van der Waals surface area contributed by atoms with Gasteiger partial charge >= 0.3 is 0 Å². The number of carbonyl (C=O) groups is 2. The summed E-state index contributed by atoms with van der Waals surface area (Å²) >= 11 is 12.1. The Morgan fingerprint density at radius 2 is 1.82 bits per heavy atom. The number of nitrogens with one attached hydrogen (secondary N) is 2. The molecule has 0 saturated heterocycles. The number of aromatic nitrogens is 1. The number of nitrogens with zero attached hydrogens (tertiary/aromatic N) is 2. The molecule has 0 spiro atoms. The van der Waals surface area contributed by atoms with Crippen LogP contribution in [0.15, 0.2) is 73.1 Å². The van der Waals surface area contributed by atoms with Gasteiger partial charge in [0.15, 0.2) is 11.6 Å². The normalized spacial score (nSPS) is 10.4. The topological polar surface area (TPSA) is 104 Å². The average Bonchev–Trinajstić information content (AvgIpc) is 2.92. The van der Waals surface area contributed by atoms with Crippen molar-refractivity contribution in [2.75, 3.05) is 5.32 Å². The molecule has 4 rings (SSSR count). The molecule has 0 atom stereocenters. The Kier molecular flexibility index (Phi) is 8.77. The molecule has 39 heavy (non-hydrogen) atoms. The second kappa shape index (κ2) is 12.4. The molecular formula is C29H21Cl2FN4O3. The molecule has 2 amide bonds. The largest absolute Gasteiger partial charge is 0.453 e. The molecule has 0 aliphatic carbocycles. The molecule has 0 radical (unpaired) electrons. The van der Waals surface area contributed by atoms with Gasteiger partial charge in [-0.2, -0.15) is 5.26 Å². The molecule has 10 heteroatoms. The number of rotatable bonds is 8. The summed E-state index contributed by atoms with van der Waals surface area (Å²) in [5.41, 5.74) is 2.79. The van der Waals surface area contributed by atoms with Crippen molar-refractivity contribution in [1.29, 1.82) is 5.26 Å². The standard InChI is InChI=1S/C29H21Cl2FN4O3/c1-17-10-21(29(38)35-16-18-6-8-34-9-7-18)3-5-25(17)36-26(37)13-20-2-4-24(31)28(27(20)32)39-23-12-19(15-33)11-22(30)14-23/h2-12,14H,13,16H2,1H3,(H,35,38)(H,36,37). The fourth-order valence-corrected chi connectivity index (χ4v) is 4.11. The number of pyridine rings is 1. The van der Waals surface area contributed by atoms with Gasteiger partial charge in [0.25, 0.3) is 5.91 Å². The smallest absolute Gasteiger partial charge is 0.251 e. The van der Waals surface area contributed by atoms with Gasteiger partial charge in [0.1, 0.15) is 5.75 Å². The number of halogens is 3. The second-order valence-corrected chi connectivity index (χ2v) is 9.38. The average molecular weight is 563 g/mol. The summed E-state index contributed by atoms with van der Waals surface area (Å²) in [7, 11) is 0. The first kappa shape index (κ1) is 27.6. The van der Waals surface area contributed by atoms with Crippen molar-refractivity contribution < 1.29 is 18.7 Å². The van der Waals surface area contributed by atoms with Crippen molar-refractivity contribution in [3.05, 3.63) is 117 Å². The zero-order valence-electron chi connectivity index (χ0n) is 20.6. The molecule has 4 aromatic rings. The maximum absolute atomic E-state index is 15.3. The van der Waals surface area contributed by atoms with Crippen molar-refractivity contribution in [3.8, 4) is 17.6 Å². The predicted molar refractivity (Wildman–Crippen MR) is 147 cm³/mol. The van der Waals surface area contributed by atoms with Crippen molar-refractivity contribution in [2.24, 2.45) is 0 Å². The molecule has 196 valence electrons. The van der Waals surface area contributed by atoms with Gasteiger partial charge < -0.3 is 15.4 Å². The van der Waals surface area contributed by atoms with Gasteiger partial charge in [-0.25, -0.2) is 4.39 Å². The number of benzene rings is 3. The van der Waals surface area contributed by atoms with Crippen LogP contribution in [0.4, 0.5) is 10.1 Å². The minimum atomic E-state index is -0.811. The van der Waals surface area contributed by atoms with Gasteiger partial charge in [-0.15, -0.1) is 0 Å². The quantitative estimate of drug-likeness (QED) is 0.251. The number of ether oxygens (including phenoxy) is 1. The molecule has 1 heterocycles. The van der Waals surface area contributed by atoms with E-state index in [1.807, 2.05) is 18.2 Å². The van der Waals surface area contributed by atoms with Crippen molar-refractivity contribution in [1.82, 2.24) is 10.3 Å². The predicted octanol–water partition coefficient (Wildman–Crippen LogP) is 6.61. The Morgan fingerprint density at radius 1 is 1.05 bits per heavy atom. The maximum atomic E-state index is 15.3. The molecule has 0 aliphatic heterocycles. The van der Waals surface area contributed by atoms with Crippen LogP contribution in [0.1, 0.15) is 32.6 Å². The summed E-state index contributed by atoms with van der Waals surface area (Å²) in [6.45, 7) is 2.11. The monoisotopic (exact) mass is 562 g/mol. The lowest BCUT2D eigenvalue weighted by molar-refractivity contribution is -0.115. The molecule has 0 saturated carbocycles. The molecule has 1 aromatic heterocycles. The first-order valence-corrected chi connectivity index (χ1v) is 12.4. The maximum Gasteiger partial charge on any atom is 0.251 e. The van der Waals surface area contributed by atoms with E-state index in [0.717, 1.165) is 5.56 Å². The summed E-state index contributed by atoms with van der Waals surface area (Å²) in [5, 5.41) is 14.9. The summed E-state index contributed by atoms with van der Waals surface area (Å²) in [6.07, 6.45) is 3.00.